The maximum absolute atomic E-state index is 14.2. The first-order valence-corrected chi connectivity index (χ1v) is 16.2. The van der Waals surface area contributed by atoms with E-state index in [1.807, 2.05) is 49.4 Å². The fraction of sp³-hybridized carbons (Fsp3) is 0.472. The van der Waals surface area contributed by atoms with Gasteiger partial charge in [-0.3, -0.25) is 14.4 Å². The lowest BCUT2D eigenvalue weighted by Gasteiger charge is -2.42. The Kier molecular flexibility index (Phi) is 11.8. The van der Waals surface area contributed by atoms with Crippen molar-refractivity contribution in [2.24, 2.45) is 0 Å². The Morgan fingerprint density at radius 1 is 0.957 bits per heavy atom. The number of ether oxygens (including phenoxy) is 2. The van der Waals surface area contributed by atoms with Crippen molar-refractivity contribution in [1.29, 1.82) is 0 Å². The lowest BCUT2D eigenvalue weighted by molar-refractivity contribution is -0.140. The summed E-state index contributed by atoms with van der Waals surface area (Å²) < 4.78 is 10.7. The maximum atomic E-state index is 14.2. The first-order chi connectivity index (χ1) is 22.4. The molecule has 1 aromatic heterocycles. The van der Waals surface area contributed by atoms with Crippen LogP contribution in [0.3, 0.4) is 0 Å². The number of likely N-dealkylation sites (tertiary alicyclic amines) is 1. The molecule has 3 aromatic rings. The molecular formula is C36H47N5O6. The lowest BCUT2D eigenvalue weighted by Crippen LogP contribution is -2.58. The van der Waals surface area contributed by atoms with Gasteiger partial charge in [0.2, 0.25) is 11.8 Å². The second kappa shape index (κ2) is 15.8. The van der Waals surface area contributed by atoms with E-state index in [0.717, 1.165) is 17.5 Å². The van der Waals surface area contributed by atoms with Crippen LogP contribution in [0.2, 0.25) is 0 Å². The normalized spacial score (nSPS) is 15.6. The zero-order chi connectivity index (χ0) is 34.0. The monoisotopic (exact) mass is 645 g/mol. The summed E-state index contributed by atoms with van der Waals surface area (Å²) in [6.07, 6.45) is 4.85. The summed E-state index contributed by atoms with van der Waals surface area (Å²) >= 11 is 0. The third kappa shape index (κ3) is 9.43. The summed E-state index contributed by atoms with van der Waals surface area (Å²) in [7, 11) is 1.58. The predicted molar refractivity (Wildman–Crippen MR) is 178 cm³/mol. The number of amides is 3. The molecule has 11 nitrogen and oxygen atoms in total. The number of aromatic amines is 1. The van der Waals surface area contributed by atoms with Crippen LogP contribution in [0.15, 0.2) is 67.1 Å². The smallest absolute Gasteiger partial charge is 0.408 e. The number of ketones is 1. The number of hydrogen-bond donors (Lipinski definition) is 3. The lowest BCUT2D eigenvalue weighted by atomic mass is 9.68. The van der Waals surface area contributed by atoms with Gasteiger partial charge in [0, 0.05) is 44.2 Å². The molecule has 0 spiro atoms. The zero-order valence-corrected chi connectivity index (χ0v) is 28.0. The number of aromatic nitrogens is 2. The number of nitrogens with one attached hydrogen (secondary N) is 3. The molecule has 2 unspecified atom stereocenters. The molecule has 3 amide bonds. The van der Waals surface area contributed by atoms with Crippen LogP contribution in [-0.4, -0.2) is 76.4 Å². The van der Waals surface area contributed by atoms with Crippen molar-refractivity contribution < 1.29 is 28.7 Å². The molecular weight excluding hydrogens is 598 g/mol. The number of Topliss-reactive ketones (excluding diaryl/α,β-unsaturated/α-hetero) is 1. The number of benzene rings is 2. The number of carbonyl (C=O) groups is 4. The molecule has 0 aliphatic carbocycles. The molecule has 0 saturated carbocycles. The van der Waals surface area contributed by atoms with E-state index in [1.165, 1.54) is 6.33 Å². The molecule has 0 radical (unpaired) electrons. The average molecular weight is 646 g/mol. The van der Waals surface area contributed by atoms with Gasteiger partial charge in [-0.1, -0.05) is 49.4 Å². The second-order valence-electron chi connectivity index (χ2n) is 13.0. The van der Waals surface area contributed by atoms with E-state index in [-0.39, 0.29) is 24.5 Å². The highest BCUT2D eigenvalue weighted by Gasteiger charge is 2.43. The third-order valence-corrected chi connectivity index (χ3v) is 8.47. The van der Waals surface area contributed by atoms with Crippen LogP contribution < -0.4 is 15.4 Å². The van der Waals surface area contributed by atoms with Crippen molar-refractivity contribution >= 4 is 23.7 Å². The van der Waals surface area contributed by atoms with Crippen molar-refractivity contribution in [3.63, 3.8) is 0 Å². The van der Waals surface area contributed by atoms with Crippen LogP contribution in [0.25, 0.3) is 0 Å². The largest absolute Gasteiger partial charge is 0.497 e. The molecule has 0 bridgehead atoms. The van der Waals surface area contributed by atoms with E-state index in [0.29, 0.717) is 43.8 Å². The number of carbonyl (C=O) groups excluding carboxylic acids is 4. The van der Waals surface area contributed by atoms with Gasteiger partial charge in [0.05, 0.1) is 18.9 Å². The standard InChI is InChI=1S/C36H47N5O6/c1-6-10-31(42)36(26-11-8-7-9-12-26)17-19-41(20-18-36)33(44)30(21-25-13-15-28(46-5)16-14-25)39-32(43)29(22-27-23-37-24-38-27)40-34(45)47-35(2,3)4/h7-9,11-16,23-24,29-30H,6,10,17-22H2,1-5H3,(H,37,38)(H,39,43)(H,40,45). The summed E-state index contributed by atoms with van der Waals surface area (Å²) in [6.45, 7) is 7.94. The minimum absolute atomic E-state index is 0.109. The molecule has 3 N–H and O–H groups in total. The quantitative estimate of drug-likeness (QED) is 0.248. The van der Waals surface area contributed by atoms with Gasteiger partial charge in [-0.15, -0.1) is 0 Å². The number of nitrogens with zero attached hydrogens (tertiary/aromatic N) is 2. The Bertz CT molecular complexity index is 1480. The van der Waals surface area contributed by atoms with E-state index >= 15 is 0 Å². The molecule has 2 heterocycles. The number of imidazole rings is 1. The van der Waals surface area contributed by atoms with Gasteiger partial charge in [-0.05, 0) is 63.3 Å². The van der Waals surface area contributed by atoms with Gasteiger partial charge in [0.15, 0.2) is 0 Å². The number of H-pyrrole nitrogens is 1. The van der Waals surface area contributed by atoms with Crippen molar-refractivity contribution in [1.82, 2.24) is 25.5 Å². The first-order valence-electron chi connectivity index (χ1n) is 16.2. The molecule has 11 heteroatoms. The van der Waals surface area contributed by atoms with E-state index in [1.54, 1.807) is 51.1 Å². The minimum atomic E-state index is -1.05. The van der Waals surface area contributed by atoms with E-state index in [4.69, 9.17) is 9.47 Å². The molecule has 2 atom stereocenters. The molecule has 1 aliphatic heterocycles. The highest BCUT2D eigenvalue weighted by atomic mass is 16.6. The Morgan fingerprint density at radius 2 is 1.64 bits per heavy atom. The van der Waals surface area contributed by atoms with Crippen molar-refractivity contribution in [2.45, 2.75) is 89.3 Å². The van der Waals surface area contributed by atoms with Gasteiger partial charge < -0.3 is 30.0 Å². The molecule has 4 rings (SSSR count). The highest BCUT2D eigenvalue weighted by molar-refractivity contribution is 5.93. The summed E-state index contributed by atoms with van der Waals surface area (Å²) in [5.41, 5.74) is 0.999. The number of alkyl carbamates (subject to hydrolysis) is 1. The van der Waals surface area contributed by atoms with Gasteiger partial charge in [-0.25, -0.2) is 9.78 Å². The Balaban J connectivity index is 1.57. The van der Waals surface area contributed by atoms with Crippen LogP contribution in [0.5, 0.6) is 5.75 Å². The van der Waals surface area contributed by atoms with Crippen molar-refractivity contribution in [3.8, 4) is 5.75 Å². The summed E-state index contributed by atoms with van der Waals surface area (Å²) in [6, 6.07) is 15.1. The highest BCUT2D eigenvalue weighted by Crippen LogP contribution is 2.38. The van der Waals surface area contributed by atoms with Gasteiger partial charge in [0.1, 0.15) is 29.2 Å². The number of rotatable bonds is 13. The minimum Gasteiger partial charge on any atom is -0.497 e. The van der Waals surface area contributed by atoms with E-state index < -0.39 is 35.1 Å². The van der Waals surface area contributed by atoms with Crippen molar-refractivity contribution in [3.05, 3.63) is 83.9 Å². The number of piperidine rings is 1. The van der Waals surface area contributed by atoms with Crippen LogP contribution in [-0.2, 0) is 37.4 Å². The first kappa shape index (κ1) is 35.2. The van der Waals surface area contributed by atoms with Crippen LogP contribution >= 0.6 is 0 Å². The molecule has 47 heavy (non-hydrogen) atoms. The Morgan fingerprint density at radius 3 is 2.21 bits per heavy atom. The molecule has 2 aromatic carbocycles. The molecule has 1 fully saturated rings. The average Bonchev–Trinajstić information content (AvgIpc) is 3.57. The second-order valence-corrected chi connectivity index (χ2v) is 13.0. The van der Waals surface area contributed by atoms with Gasteiger partial charge >= 0.3 is 6.09 Å². The fourth-order valence-corrected chi connectivity index (χ4v) is 6.03. The molecule has 1 saturated heterocycles. The summed E-state index contributed by atoms with van der Waals surface area (Å²) in [5.74, 6) is 0.0746. The SMILES string of the molecule is CCCC(=O)C1(c2ccccc2)CCN(C(=O)C(Cc2ccc(OC)cc2)NC(=O)C(Cc2cnc[nH]2)NC(=O)OC(C)(C)C)CC1. The maximum Gasteiger partial charge on any atom is 0.408 e. The predicted octanol–water partition coefficient (Wildman–Crippen LogP) is 4.51. The topological polar surface area (TPSA) is 143 Å². The van der Waals surface area contributed by atoms with Gasteiger partial charge in [0.25, 0.3) is 0 Å². The van der Waals surface area contributed by atoms with Crippen LogP contribution in [0, 0.1) is 0 Å². The summed E-state index contributed by atoms with van der Waals surface area (Å²) in [4.78, 5) is 63.1. The Hall–Kier alpha value is -4.67. The van der Waals surface area contributed by atoms with E-state index in [9.17, 15) is 19.2 Å². The fourth-order valence-electron chi connectivity index (χ4n) is 6.03. The van der Waals surface area contributed by atoms with Gasteiger partial charge in [-0.2, -0.15) is 0 Å². The molecule has 252 valence electrons. The zero-order valence-electron chi connectivity index (χ0n) is 28.0. The van der Waals surface area contributed by atoms with E-state index in [2.05, 4.69) is 20.6 Å². The Labute approximate surface area is 276 Å². The summed E-state index contributed by atoms with van der Waals surface area (Å²) in [5, 5.41) is 5.60. The van der Waals surface area contributed by atoms with Crippen LogP contribution in [0.4, 0.5) is 4.79 Å². The molecule has 1 aliphatic rings. The number of methoxy groups -OCH3 is 1. The van der Waals surface area contributed by atoms with Crippen molar-refractivity contribution in [2.75, 3.05) is 20.2 Å². The van der Waals surface area contributed by atoms with Crippen LogP contribution in [0.1, 0.15) is 70.2 Å². The number of hydrogen-bond acceptors (Lipinski definition) is 7. The third-order valence-electron chi connectivity index (χ3n) is 8.47.